The van der Waals surface area contributed by atoms with Crippen LogP contribution in [0.1, 0.15) is 19.4 Å². The Labute approximate surface area is 108 Å². The predicted octanol–water partition coefficient (Wildman–Crippen LogP) is 1.21. The number of nitrogens with zero attached hydrogens (tertiary/aromatic N) is 3. The van der Waals surface area contributed by atoms with Crippen LogP contribution in [-0.2, 0) is 6.54 Å². The first-order valence-electron chi connectivity index (χ1n) is 6.49. The maximum atomic E-state index is 13.1. The van der Waals surface area contributed by atoms with Gasteiger partial charge in [0.25, 0.3) is 0 Å². The van der Waals surface area contributed by atoms with Crippen molar-refractivity contribution in [1.29, 1.82) is 0 Å². The van der Waals surface area contributed by atoms with Gasteiger partial charge in [0.1, 0.15) is 11.6 Å². The summed E-state index contributed by atoms with van der Waals surface area (Å²) in [7, 11) is 0. The van der Waals surface area contributed by atoms with E-state index in [-0.39, 0.29) is 5.82 Å². The average Bonchev–Trinajstić information content (AvgIpc) is 2.38. The minimum absolute atomic E-state index is 0.320. The van der Waals surface area contributed by atoms with Gasteiger partial charge in [-0.2, -0.15) is 0 Å². The van der Waals surface area contributed by atoms with E-state index >= 15 is 0 Å². The number of rotatable bonds is 3. The second kappa shape index (κ2) is 5.63. The Kier molecular flexibility index (Phi) is 4.14. The van der Waals surface area contributed by atoms with Crippen molar-refractivity contribution in [2.24, 2.45) is 5.73 Å². The van der Waals surface area contributed by atoms with Crippen LogP contribution in [0.5, 0.6) is 0 Å². The van der Waals surface area contributed by atoms with Crippen molar-refractivity contribution < 1.29 is 4.39 Å². The van der Waals surface area contributed by atoms with E-state index in [1.54, 1.807) is 0 Å². The fourth-order valence-electron chi connectivity index (χ4n) is 2.57. The van der Waals surface area contributed by atoms with E-state index in [0.717, 1.165) is 37.6 Å². The molecule has 0 aromatic carbocycles. The number of anilines is 1. The third-order valence-corrected chi connectivity index (χ3v) is 3.60. The topological polar surface area (TPSA) is 45.4 Å². The molecular weight excluding hydrogens is 231 g/mol. The molecule has 4 nitrogen and oxygen atoms in total. The van der Waals surface area contributed by atoms with Crippen molar-refractivity contribution in [3.8, 4) is 0 Å². The molecule has 18 heavy (non-hydrogen) atoms. The Balaban J connectivity index is 2.17. The number of nitrogens with two attached hydrogens (primary N) is 1. The first-order chi connectivity index (χ1) is 8.65. The molecule has 1 saturated heterocycles. The summed E-state index contributed by atoms with van der Waals surface area (Å²) in [4.78, 5) is 8.85. The first-order valence-corrected chi connectivity index (χ1v) is 6.49. The minimum atomic E-state index is -0.320. The van der Waals surface area contributed by atoms with Gasteiger partial charge in [0.15, 0.2) is 0 Å². The molecule has 100 valence electrons. The summed E-state index contributed by atoms with van der Waals surface area (Å²) in [6.45, 7) is 8.62. The van der Waals surface area contributed by atoms with Crippen LogP contribution in [-0.4, -0.2) is 42.1 Å². The van der Waals surface area contributed by atoms with E-state index in [1.165, 1.54) is 12.3 Å². The average molecular weight is 252 g/mol. The van der Waals surface area contributed by atoms with Gasteiger partial charge < -0.3 is 10.6 Å². The molecule has 0 saturated carbocycles. The molecule has 0 aliphatic carbocycles. The minimum Gasteiger partial charge on any atom is -0.354 e. The van der Waals surface area contributed by atoms with Gasteiger partial charge in [0, 0.05) is 37.8 Å². The molecule has 1 aliphatic heterocycles. The fraction of sp³-hybridized carbons (Fsp3) is 0.615. The zero-order valence-electron chi connectivity index (χ0n) is 11.1. The molecule has 2 rings (SSSR count). The van der Waals surface area contributed by atoms with E-state index in [2.05, 4.69) is 28.6 Å². The molecule has 0 amide bonds. The molecule has 1 atom stereocenters. The lowest BCUT2D eigenvalue weighted by atomic mass is 10.1. The quantitative estimate of drug-likeness (QED) is 0.878. The summed E-state index contributed by atoms with van der Waals surface area (Å²) in [5, 5.41) is 0. The van der Waals surface area contributed by atoms with Crippen LogP contribution in [0.25, 0.3) is 0 Å². The van der Waals surface area contributed by atoms with Crippen LogP contribution in [0.4, 0.5) is 10.2 Å². The highest BCUT2D eigenvalue weighted by atomic mass is 19.1. The molecule has 5 heteroatoms. The van der Waals surface area contributed by atoms with Crippen molar-refractivity contribution in [3.05, 3.63) is 23.6 Å². The van der Waals surface area contributed by atoms with Crippen LogP contribution >= 0.6 is 0 Å². The van der Waals surface area contributed by atoms with E-state index in [1.807, 2.05) is 0 Å². The normalized spacial score (nSPS) is 21.3. The first kappa shape index (κ1) is 13.2. The number of likely N-dealkylation sites (N-methyl/N-ethyl adjacent to an activating group) is 1. The number of halogens is 1. The van der Waals surface area contributed by atoms with Gasteiger partial charge in [-0.3, -0.25) is 4.90 Å². The lowest BCUT2D eigenvalue weighted by molar-refractivity contribution is 0.199. The highest BCUT2D eigenvalue weighted by Gasteiger charge is 2.24. The van der Waals surface area contributed by atoms with Crippen LogP contribution in [0.2, 0.25) is 0 Å². The molecule has 0 radical (unpaired) electrons. The third kappa shape index (κ3) is 2.62. The standard InChI is InChI=1S/C13H21FN4/c1-3-17-4-5-18(9-10(17)2)13-11(7-15)6-12(14)8-16-13/h6,8,10H,3-5,7,9,15H2,1-2H3. The highest BCUT2D eigenvalue weighted by Crippen LogP contribution is 2.21. The predicted molar refractivity (Wildman–Crippen MR) is 71.0 cm³/mol. The van der Waals surface area contributed by atoms with E-state index in [0.29, 0.717) is 12.6 Å². The largest absolute Gasteiger partial charge is 0.354 e. The summed E-state index contributed by atoms with van der Waals surface area (Å²) in [5.74, 6) is 0.515. The van der Waals surface area contributed by atoms with Crippen LogP contribution in [0, 0.1) is 5.82 Å². The SMILES string of the molecule is CCN1CCN(c2ncc(F)cc2CN)CC1C. The van der Waals surface area contributed by atoms with Gasteiger partial charge in [0.05, 0.1) is 6.20 Å². The second-order valence-corrected chi connectivity index (χ2v) is 4.76. The summed E-state index contributed by atoms with van der Waals surface area (Å²) < 4.78 is 13.1. The Hall–Kier alpha value is -1.20. The van der Waals surface area contributed by atoms with Gasteiger partial charge in [-0.15, -0.1) is 0 Å². The Morgan fingerprint density at radius 3 is 2.89 bits per heavy atom. The maximum absolute atomic E-state index is 13.1. The Bertz CT molecular complexity index is 410. The number of piperazine rings is 1. The number of aromatic nitrogens is 1. The monoisotopic (exact) mass is 252 g/mol. The molecule has 1 fully saturated rings. The Morgan fingerprint density at radius 1 is 1.50 bits per heavy atom. The number of pyridine rings is 1. The zero-order valence-corrected chi connectivity index (χ0v) is 11.1. The summed E-state index contributed by atoms with van der Waals surface area (Å²) in [6, 6.07) is 1.97. The van der Waals surface area contributed by atoms with Crippen molar-refractivity contribution >= 4 is 5.82 Å². The van der Waals surface area contributed by atoms with Crippen LogP contribution < -0.4 is 10.6 Å². The van der Waals surface area contributed by atoms with E-state index in [9.17, 15) is 4.39 Å². The molecule has 1 unspecified atom stereocenters. The molecule has 1 aliphatic rings. The van der Waals surface area contributed by atoms with E-state index in [4.69, 9.17) is 5.73 Å². The fourth-order valence-corrected chi connectivity index (χ4v) is 2.57. The Morgan fingerprint density at radius 2 is 2.28 bits per heavy atom. The van der Waals surface area contributed by atoms with Crippen LogP contribution in [0.3, 0.4) is 0 Å². The smallest absolute Gasteiger partial charge is 0.141 e. The highest BCUT2D eigenvalue weighted by molar-refractivity contribution is 5.47. The van der Waals surface area contributed by atoms with Gasteiger partial charge >= 0.3 is 0 Å². The summed E-state index contributed by atoms with van der Waals surface area (Å²) in [6.07, 6.45) is 1.27. The molecule has 0 spiro atoms. The lowest BCUT2D eigenvalue weighted by Crippen LogP contribution is -2.52. The molecule has 1 aromatic rings. The number of hydrogen-bond acceptors (Lipinski definition) is 4. The van der Waals surface area contributed by atoms with Gasteiger partial charge in [-0.05, 0) is 19.5 Å². The summed E-state index contributed by atoms with van der Waals surface area (Å²) >= 11 is 0. The maximum Gasteiger partial charge on any atom is 0.141 e. The molecule has 0 bridgehead atoms. The lowest BCUT2D eigenvalue weighted by Gasteiger charge is -2.40. The van der Waals surface area contributed by atoms with E-state index < -0.39 is 0 Å². The molecule has 2 heterocycles. The van der Waals surface area contributed by atoms with Gasteiger partial charge in [0.2, 0.25) is 0 Å². The van der Waals surface area contributed by atoms with Gasteiger partial charge in [-0.25, -0.2) is 9.37 Å². The summed E-state index contributed by atoms with van der Waals surface area (Å²) in [5.41, 5.74) is 6.45. The van der Waals surface area contributed by atoms with Crippen molar-refractivity contribution in [3.63, 3.8) is 0 Å². The van der Waals surface area contributed by atoms with Crippen molar-refractivity contribution in [2.45, 2.75) is 26.4 Å². The van der Waals surface area contributed by atoms with Gasteiger partial charge in [-0.1, -0.05) is 6.92 Å². The molecular formula is C13H21FN4. The molecule has 1 aromatic heterocycles. The molecule has 2 N–H and O–H groups in total. The number of hydrogen-bond donors (Lipinski definition) is 1. The third-order valence-electron chi connectivity index (χ3n) is 3.60. The van der Waals surface area contributed by atoms with Crippen molar-refractivity contribution in [1.82, 2.24) is 9.88 Å². The van der Waals surface area contributed by atoms with Crippen LogP contribution in [0.15, 0.2) is 12.3 Å². The zero-order chi connectivity index (χ0) is 13.1. The van der Waals surface area contributed by atoms with Crippen molar-refractivity contribution in [2.75, 3.05) is 31.1 Å². The second-order valence-electron chi connectivity index (χ2n) is 4.76.